The topological polar surface area (TPSA) is 87.7 Å². The van der Waals surface area contributed by atoms with Gasteiger partial charge in [-0.1, -0.05) is 36.4 Å². The van der Waals surface area contributed by atoms with Crippen molar-refractivity contribution in [3.63, 3.8) is 0 Å². The van der Waals surface area contributed by atoms with E-state index in [1.54, 1.807) is 24.3 Å². The lowest BCUT2D eigenvalue weighted by molar-refractivity contribution is -0.117. The van der Waals surface area contributed by atoms with E-state index >= 15 is 0 Å². The maximum absolute atomic E-state index is 12.4. The Bertz CT molecular complexity index is 957. The van der Waals surface area contributed by atoms with Crippen molar-refractivity contribution in [2.75, 3.05) is 0 Å². The first-order chi connectivity index (χ1) is 11.5. The second-order valence-electron chi connectivity index (χ2n) is 5.67. The van der Waals surface area contributed by atoms with Gasteiger partial charge < -0.3 is 14.6 Å². The summed E-state index contributed by atoms with van der Waals surface area (Å²) in [5.41, 5.74) is 0.0621. The van der Waals surface area contributed by atoms with Crippen molar-refractivity contribution in [2.24, 2.45) is 0 Å². The summed E-state index contributed by atoms with van der Waals surface area (Å²) in [6.45, 7) is 1.42. The summed E-state index contributed by atoms with van der Waals surface area (Å²) in [6.07, 6.45) is 0.0431. The van der Waals surface area contributed by atoms with Gasteiger partial charge in [-0.05, 0) is 24.6 Å². The summed E-state index contributed by atoms with van der Waals surface area (Å²) >= 11 is 0. The van der Waals surface area contributed by atoms with Crippen LogP contribution in [0.1, 0.15) is 30.4 Å². The molecule has 2 aromatic carbocycles. The summed E-state index contributed by atoms with van der Waals surface area (Å²) in [6, 6.07) is 13.4. The van der Waals surface area contributed by atoms with Crippen LogP contribution in [0.25, 0.3) is 11.0 Å². The van der Waals surface area contributed by atoms with Gasteiger partial charge in [-0.3, -0.25) is 4.79 Å². The summed E-state index contributed by atoms with van der Waals surface area (Å²) in [7, 11) is 0. The number of fused-ring (bicyclic) bond motifs is 1. The largest absolute Gasteiger partial charge is 0.507 e. The second-order valence-corrected chi connectivity index (χ2v) is 5.67. The molecule has 5 nitrogen and oxygen atoms in total. The predicted octanol–water partition coefficient (Wildman–Crippen LogP) is 3.32. The number of hydrogen-bond donors (Lipinski definition) is 2. The molecule has 0 bridgehead atoms. The van der Waals surface area contributed by atoms with E-state index in [0.717, 1.165) is 0 Å². The summed E-state index contributed by atoms with van der Waals surface area (Å²) in [4.78, 5) is 24.1. The fraction of sp³-hybridized carbons (Fsp3) is 0.158. The Morgan fingerprint density at radius 2 is 1.79 bits per heavy atom. The van der Waals surface area contributed by atoms with Crippen LogP contribution in [-0.4, -0.2) is 16.0 Å². The summed E-state index contributed by atoms with van der Waals surface area (Å²) in [5.74, 6) is -1.32. The van der Waals surface area contributed by atoms with Crippen molar-refractivity contribution in [1.82, 2.24) is 0 Å². The first-order valence-electron chi connectivity index (χ1n) is 7.51. The molecule has 0 saturated heterocycles. The first kappa shape index (κ1) is 15.8. The summed E-state index contributed by atoms with van der Waals surface area (Å²) < 4.78 is 5.25. The fourth-order valence-electron chi connectivity index (χ4n) is 2.90. The molecular weight excluding hydrogens is 308 g/mol. The number of carbonyl (C=O) groups is 1. The minimum absolute atomic E-state index is 0.0228. The number of phenols is 1. The summed E-state index contributed by atoms with van der Waals surface area (Å²) in [5, 5.41) is 20.7. The van der Waals surface area contributed by atoms with Crippen LogP contribution in [0.3, 0.4) is 0 Å². The zero-order chi connectivity index (χ0) is 17.3. The molecule has 1 heterocycles. The molecule has 1 unspecified atom stereocenters. The van der Waals surface area contributed by atoms with Crippen LogP contribution in [0, 0.1) is 0 Å². The molecule has 0 fully saturated rings. The molecule has 3 rings (SSSR count). The van der Waals surface area contributed by atoms with Gasteiger partial charge >= 0.3 is 5.63 Å². The van der Waals surface area contributed by atoms with Crippen molar-refractivity contribution in [2.45, 2.75) is 19.3 Å². The molecule has 122 valence electrons. The molecule has 0 aliphatic rings. The third-order valence-corrected chi connectivity index (χ3v) is 3.96. The van der Waals surface area contributed by atoms with Gasteiger partial charge in [0.15, 0.2) is 0 Å². The minimum Gasteiger partial charge on any atom is -0.507 e. The van der Waals surface area contributed by atoms with Gasteiger partial charge in [0.25, 0.3) is 0 Å². The highest BCUT2D eigenvalue weighted by atomic mass is 16.4. The van der Waals surface area contributed by atoms with Crippen molar-refractivity contribution in [3.8, 4) is 11.5 Å². The Morgan fingerprint density at radius 3 is 2.46 bits per heavy atom. The zero-order valence-corrected chi connectivity index (χ0v) is 13.0. The average Bonchev–Trinajstić information content (AvgIpc) is 2.54. The van der Waals surface area contributed by atoms with Crippen LogP contribution >= 0.6 is 0 Å². The maximum Gasteiger partial charge on any atom is 0.343 e. The average molecular weight is 324 g/mol. The SMILES string of the molecule is CC(=O)CC(c1ccccc1)c1c(O)c2c(O)cccc2oc1=O. The van der Waals surface area contributed by atoms with Crippen molar-refractivity contribution in [3.05, 3.63) is 70.1 Å². The molecule has 0 aliphatic heterocycles. The van der Waals surface area contributed by atoms with Gasteiger partial charge in [0.2, 0.25) is 0 Å². The molecule has 24 heavy (non-hydrogen) atoms. The van der Waals surface area contributed by atoms with E-state index in [4.69, 9.17) is 4.42 Å². The van der Waals surface area contributed by atoms with Crippen LogP contribution in [0.2, 0.25) is 0 Å². The quantitative estimate of drug-likeness (QED) is 0.719. The maximum atomic E-state index is 12.4. The van der Waals surface area contributed by atoms with Crippen LogP contribution in [-0.2, 0) is 4.79 Å². The Labute approximate surface area is 137 Å². The monoisotopic (exact) mass is 324 g/mol. The highest BCUT2D eigenvalue weighted by Gasteiger charge is 2.26. The number of Topliss-reactive ketones (excluding diaryl/α,β-unsaturated/α-hetero) is 1. The molecule has 0 radical (unpaired) electrons. The lowest BCUT2D eigenvalue weighted by atomic mass is 9.87. The number of hydrogen-bond acceptors (Lipinski definition) is 5. The first-order valence-corrected chi connectivity index (χ1v) is 7.51. The predicted molar refractivity (Wildman–Crippen MR) is 89.4 cm³/mol. The third kappa shape index (κ3) is 2.76. The highest BCUT2D eigenvalue weighted by Crippen LogP contribution is 2.39. The smallest absolute Gasteiger partial charge is 0.343 e. The molecule has 0 aliphatic carbocycles. The van der Waals surface area contributed by atoms with Gasteiger partial charge in [0.1, 0.15) is 28.3 Å². The lowest BCUT2D eigenvalue weighted by Gasteiger charge is -2.17. The number of carbonyl (C=O) groups excluding carboxylic acids is 1. The Hall–Kier alpha value is -3.08. The number of benzene rings is 2. The van der Waals surface area contributed by atoms with Crippen LogP contribution in [0.15, 0.2) is 57.7 Å². The number of phenolic OH excluding ortho intramolecular Hbond substituents is 1. The van der Waals surface area contributed by atoms with Gasteiger partial charge in [0.05, 0.1) is 5.56 Å². The molecule has 1 atom stereocenters. The minimum atomic E-state index is -0.722. The second kappa shape index (κ2) is 6.20. The molecule has 3 aromatic rings. The van der Waals surface area contributed by atoms with Gasteiger partial charge in [0, 0.05) is 12.3 Å². The third-order valence-electron chi connectivity index (χ3n) is 3.96. The molecule has 5 heteroatoms. The normalized spacial score (nSPS) is 12.2. The van der Waals surface area contributed by atoms with E-state index in [0.29, 0.717) is 5.56 Å². The van der Waals surface area contributed by atoms with E-state index in [9.17, 15) is 19.8 Å². The van der Waals surface area contributed by atoms with E-state index in [1.807, 2.05) is 6.07 Å². The number of ketones is 1. The number of rotatable bonds is 4. The number of aromatic hydroxyl groups is 2. The van der Waals surface area contributed by atoms with Crippen molar-refractivity contribution < 1.29 is 19.4 Å². The Kier molecular flexibility index (Phi) is 4.08. The highest BCUT2D eigenvalue weighted by molar-refractivity contribution is 5.90. The van der Waals surface area contributed by atoms with Crippen molar-refractivity contribution >= 4 is 16.8 Å². The molecule has 0 saturated carbocycles. The van der Waals surface area contributed by atoms with E-state index < -0.39 is 11.5 Å². The zero-order valence-electron chi connectivity index (χ0n) is 13.0. The van der Waals surface area contributed by atoms with E-state index in [-0.39, 0.29) is 40.2 Å². The molecule has 0 amide bonds. The van der Waals surface area contributed by atoms with Gasteiger partial charge in [-0.2, -0.15) is 0 Å². The molecule has 0 spiro atoms. The molecular formula is C19H16O5. The molecule has 2 N–H and O–H groups in total. The standard InChI is InChI=1S/C19H16O5/c1-11(20)10-13(12-6-3-2-4-7-12)16-18(22)17-14(21)8-5-9-15(17)24-19(16)23/h2-9,13,21-22H,10H2,1H3. The van der Waals surface area contributed by atoms with Gasteiger partial charge in [-0.15, -0.1) is 0 Å². The Balaban J connectivity index is 2.30. The Morgan fingerprint density at radius 1 is 1.08 bits per heavy atom. The fourth-order valence-corrected chi connectivity index (χ4v) is 2.90. The lowest BCUT2D eigenvalue weighted by Crippen LogP contribution is -2.16. The molecule has 1 aromatic heterocycles. The van der Waals surface area contributed by atoms with E-state index in [2.05, 4.69) is 0 Å². The van der Waals surface area contributed by atoms with Gasteiger partial charge in [-0.25, -0.2) is 4.79 Å². The van der Waals surface area contributed by atoms with E-state index in [1.165, 1.54) is 25.1 Å². The van der Waals surface area contributed by atoms with Crippen LogP contribution in [0.4, 0.5) is 0 Å². The van der Waals surface area contributed by atoms with Crippen molar-refractivity contribution in [1.29, 1.82) is 0 Å². The van der Waals surface area contributed by atoms with Crippen LogP contribution in [0.5, 0.6) is 11.5 Å². The van der Waals surface area contributed by atoms with Crippen LogP contribution < -0.4 is 5.63 Å².